The lowest BCUT2D eigenvalue weighted by molar-refractivity contribution is 0.0525. The average Bonchev–Trinajstić information content (AvgIpc) is 2.48. The normalized spacial score (nSPS) is 10.7. The molecular weight excluding hydrogens is 291 g/mol. The molecule has 0 saturated heterocycles. The van der Waals surface area contributed by atoms with Crippen LogP contribution in [0, 0.1) is 5.82 Å². The topological polar surface area (TPSA) is 80.4 Å². The molecule has 6 nitrogen and oxygen atoms in total. The molecule has 1 aromatic heterocycles. The van der Waals surface area contributed by atoms with Gasteiger partial charge in [-0.2, -0.15) is 0 Å². The van der Waals surface area contributed by atoms with Crippen LogP contribution in [0.1, 0.15) is 17.3 Å². The number of hydrogen-bond donors (Lipinski definition) is 2. The second-order valence-corrected chi connectivity index (χ2v) is 4.53. The van der Waals surface area contributed by atoms with E-state index in [2.05, 4.69) is 10.3 Å². The van der Waals surface area contributed by atoms with E-state index in [4.69, 9.17) is 9.47 Å². The standard InChI is InChI=1S/C15H17FN2O4/c1-3-22-15(20)12-13(17-6-7-21-2)10-8-9(16)4-5-11(10)18-14(12)19/h4-5,8H,3,6-7H2,1-2H3,(H2,17,18,19). The first-order valence-electron chi connectivity index (χ1n) is 6.84. The smallest absolute Gasteiger partial charge is 0.345 e. The van der Waals surface area contributed by atoms with Crippen molar-refractivity contribution in [3.8, 4) is 0 Å². The lowest BCUT2D eigenvalue weighted by Gasteiger charge is -2.13. The number of fused-ring (bicyclic) bond motifs is 1. The van der Waals surface area contributed by atoms with Gasteiger partial charge >= 0.3 is 5.97 Å². The molecule has 0 amide bonds. The van der Waals surface area contributed by atoms with Gasteiger partial charge < -0.3 is 19.8 Å². The summed E-state index contributed by atoms with van der Waals surface area (Å²) in [6, 6.07) is 3.94. The Morgan fingerprint density at radius 1 is 1.41 bits per heavy atom. The van der Waals surface area contributed by atoms with Gasteiger partial charge in [0.1, 0.15) is 11.4 Å². The van der Waals surface area contributed by atoms with Gasteiger partial charge in [-0.1, -0.05) is 0 Å². The number of ether oxygens (including phenoxy) is 2. The summed E-state index contributed by atoms with van der Waals surface area (Å²) in [4.78, 5) is 26.8. The molecule has 0 fully saturated rings. The summed E-state index contributed by atoms with van der Waals surface area (Å²) in [6.45, 7) is 2.51. The molecule has 2 aromatic rings. The van der Waals surface area contributed by atoms with E-state index in [1.165, 1.54) is 25.3 Å². The molecule has 0 aliphatic rings. The summed E-state index contributed by atoms with van der Waals surface area (Å²) in [6.07, 6.45) is 0. The Balaban J connectivity index is 2.64. The van der Waals surface area contributed by atoms with Gasteiger partial charge in [0.25, 0.3) is 5.56 Å². The first kappa shape index (κ1) is 16.0. The highest BCUT2D eigenvalue weighted by atomic mass is 19.1. The van der Waals surface area contributed by atoms with Crippen molar-refractivity contribution in [1.82, 2.24) is 4.98 Å². The fourth-order valence-corrected chi connectivity index (χ4v) is 2.13. The lowest BCUT2D eigenvalue weighted by atomic mass is 10.1. The monoisotopic (exact) mass is 308 g/mol. The van der Waals surface area contributed by atoms with E-state index in [-0.39, 0.29) is 17.9 Å². The van der Waals surface area contributed by atoms with E-state index in [1.807, 2.05) is 0 Å². The largest absolute Gasteiger partial charge is 0.462 e. The Morgan fingerprint density at radius 3 is 2.86 bits per heavy atom. The Bertz CT molecular complexity index is 742. The number of nitrogens with one attached hydrogen (secondary N) is 2. The van der Waals surface area contributed by atoms with Gasteiger partial charge in [0, 0.05) is 19.0 Å². The zero-order valence-corrected chi connectivity index (χ0v) is 12.4. The number of rotatable bonds is 6. The lowest BCUT2D eigenvalue weighted by Crippen LogP contribution is -2.24. The highest BCUT2D eigenvalue weighted by Crippen LogP contribution is 2.25. The van der Waals surface area contributed by atoms with E-state index in [0.29, 0.717) is 24.1 Å². The number of carbonyl (C=O) groups excluding carboxylic acids is 1. The number of pyridine rings is 1. The van der Waals surface area contributed by atoms with Gasteiger partial charge in [0.05, 0.1) is 24.4 Å². The minimum atomic E-state index is -0.755. The second kappa shape index (κ2) is 7.04. The third kappa shape index (κ3) is 3.25. The molecule has 22 heavy (non-hydrogen) atoms. The first-order valence-corrected chi connectivity index (χ1v) is 6.84. The summed E-state index contributed by atoms with van der Waals surface area (Å²) in [5.41, 5.74) is -0.0818. The van der Waals surface area contributed by atoms with Crippen LogP contribution in [0.2, 0.25) is 0 Å². The molecular formula is C15H17FN2O4. The number of aromatic nitrogens is 1. The Kier molecular flexibility index (Phi) is 5.11. The first-order chi connectivity index (χ1) is 10.6. The number of benzene rings is 1. The maximum atomic E-state index is 13.5. The zero-order valence-electron chi connectivity index (χ0n) is 12.4. The van der Waals surface area contributed by atoms with Crippen molar-refractivity contribution in [2.24, 2.45) is 0 Å². The van der Waals surface area contributed by atoms with Gasteiger partial charge in [-0.15, -0.1) is 0 Å². The van der Waals surface area contributed by atoms with Gasteiger partial charge in [0.15, 0.2) is 0 Å². The number of methoxy groups -OCH3 is 1. The summed E-state index contributed by atoms with van der Waals surface area (Å²) >= 11 is 0. The predicted molar refractivity (Wildman–Crippen MR) is 80.8 cm³/mol. The van der Waals surface area contributed by atoms with E-state index in [0.717, 1.165) is 0 Å². The molecule has 0 unspecified atom stereocenters. The number of aromatic amines is 1. The molecule has 7 heteroatoms. The van der Waals surface area contributed by atoms with Crippen LogP contribution in [-0.4, -0.2) is 37.8 Å². The van der Waals surface area contributed by atoms with Crippen molar-refractivity contribution in [2.45, 2.75) is 6.92 Å². The molecule has 118 valence electrons. The molecule has 0 aliphatic heterocycles. The minimum absolute atomic E-state index is 0.136. The SMILES string of the molecule is CCOC(=O)c1c(NCCOC)c2cc(F)ccc2[nH]c1=O. The van der Waals surface area contributed by atoms with Crippen molar-refractivity contribution in [3.05, 3.63) is 39.9 Å². The van der Waals surface area contributed by atoms with Crippen LogP contribution in [0.4, 0.5) is 10.1 Å². The number of H-pyrrole nitrogens is 1. The number of esters is 1. The highest BCUT2D eigenvalue weighted by molar-refractivity contribution is 6.04. The number of anilines is 1. The van der Waals surface area contributed by atoms with Crippen molar-refractivity contribution < 1.29 is 18.7 Å². The van der Waals surface area contributed by atoms with Crippen LogP contribution >= 0.6 is 0 Å². The summed E-state index contributed by atoms with van der Waals surface area (Å²) in [5, 5.41) is 3.35. The summed E-state index contributed by atoms with van der Waals surface area (Å²) < 4.78 is 23.4. The minimum Gasteiger partial charge on any atom is -0.462 e. The molecule has 2 N–H and O–H groups in total. The maximum Gasteiger partial charge on any atom is 0.345 e. The zero-order chi connectivity index (χ0) is 16.1. The summed E-state index contributed by atoms with van der Waals surface area (Å²) in [7, 11) is 1.53. The molecule has 1 aromatic carbocycles. The molecule has 0 aliphatic carbocycles. The van der Waals surface area contributed by atoms with Gasteiger partial charge in [0.2, 0.25) is 0 Å². The fraction of sp³-hybridized carbons (Fsp3) is 0.333. The molecule has 1 heterocycles. The molecule has 0 spiro atoms. The molecule has 2 rings (SSSR count). The maximum absolute atomic E-state index is 13.5. The third-order valence-electron chi connectivity index (χ3n) is 3.06. The van der Waals surface area contributed by atoms with Crippen molar-refractivity contribution in [3.63, 3.8) is 0 Å². The van der Waals surface area contributed by atoms with E-state index >= 15 is 0 Å². The highest BCUT2D eigenvalue weighted by Gasteiger charge is 2.20. The van der Waals surface area contributed by atoms with E-state index in [9.17, 15) is 14.0 Å². The fourth-order valence-electron chi connectivity index (χ4n) is 2.13. The number of carbonyl (C=O) groups is 1. The Morgan fingerprint density at radius 2 is 2.18 bits per heavy atom. The molecule has 0 bridgehead atoms. The van der Waals surface area contributed by atoms with E-state index in [1.54, 1.807) is 6.92 Å². The summed E-state index contributed by atoms with van der Waals surface area (Å²) in [5.74, 6) is -1.22. The van der Waals surface area contributed by atoms with Crippen LogP contribution in [0.3, 0.4) is 0 Å². The predicted octanol–water partition coefficient (Wildman–Crippen LogP) is 1.90. The quantitative estimate of drug-likeness (QED) is 0.629. The molecule has 0 atom stereocenters. The van der Waals surface area contributed by atoms with Gasteiger partial charge in [-0.05, 0) is 25.1 Å². The van der Waals surface area contributed by atoms with Gasteiger partial charge in [-0.3, -0.25) is 4.79 Å². The Labute approximate surface area is 126 Å². The van der Waals surface area contributed by atoms with Crippen LogP contribution in [0.25, 0.3) is 10.9 Å². The Hall–Kier alpha value is -2.41. The average molecular weight is 308 g/mol. The van der Waals surface area contributed by atoms with Crippen LogP contribution in [0.15, 0.2) is 23.0 Å². The van der Waals surface area contributed by atoms with Crippen LogP contribution < -0.4 is 10.9 Å². The number of hydrogen-bond acceptors (Lipinski definition) is 5. The van der Waals surface area contributed by atoms with Crippen LogP contribution in [-0.2, 0) is 9.47 Å². The number of halogens is 1. The van der Waals surface area contributed by atoms with Crippen molar-refractivity contribution >= 4 is 22.6 Å². The second-order valence-electron chi connectivity index (χ2n) is 4.53. The van der Waals surface area contributed by atoms with E-state index < -0.39 is 17.3 Å². The van der Waals surface area contributed by atoms with Crippen LogP contribution in [0.5, 0.6) is 0 Å². The third-order valence-corrected chi connectivity index (χ3v) is 3.06. The van der Waals surface area contributed by atoms with Crippen molar-refractivity contribution in [2.75, 3.05) is 32.2 Å². The van der Waals surface area contributed by atoms with Gasteiger partial charge in [-0.25, -0.2) is 9.18 Å². The molecule has 0 saturated carbocycles. The molecule has 0 radical (unpaired) electrons. The van der Waals surface area contributed by atoms with Crippen molar-refractivity contribution in [1.29, 1.82) is 0 Å².